The summed E-state index contributed by atoms with van der Waals surface area (Å²) in [6.45, 7) is 16.0. The maximum absolute atomic E-state index is 6.15. The summed E-state index contributed by atoms with van der Waals surface area (Å²) in [6.07, 6.45) is 0. The van der Waals surface area contributed by atoms with Crippen LogP contribution in [0.1, 0.15) is 31.9 Å². The van der Waals surface area contributed by atoms with Gasteiger partial charge in [0.2, 0.25) is 0 Å². The molecule has 1 nitrogen and oxygen atoms in total. The second-order valence-electron chi connectivity index (χ2n) is 5.87. The molecule has 0 aliphatic rings. The smallest absolute Gasteiger partial charge is 0.192 e. The van der Waals surface area contributed by atoms with Gasteiger partial charge >= 0.3 is 0 Å². The third kappa shape index (κ3) is 6.01. The minimum Gasteiger partial charge on any atom is -0.414 e. The van der Waals surface area contributed by atoms with Crippen LogP contribution in [0.25, 0.3) is 0 Å². The van der Waals surface area contributed by atoms with E-state index in [1.807, 2.05) is 12.1 Å². The van der Waals surface area contributed by atoms with Crippen molar-refractivity contribution in [3.8, 4) is 0 Å². The number of rotatable bonds is 3. The van der Waals surface area contributed by atoms with Crippen molar-refractivity contribution in [1.29, 1.82) is 0 Å². The summed E-state index contributed by atoms with van der Waals surface area (Å²) in [5, 5.41) is 0.273. The first-order valence-corrected chi connectivity index (χ1v) is 8.68. The van der Waals surface area contributed by atoms with Gasteiger partial charge in [-0.1, -0.05) is 32.4 Å². The topological polar surface area (TPSA) is 9.23 Å². The van der Waals surface area contributed by atoms with E-state index >= 15 is 0 Å². The fraction of sp³-hybridized carbons (Fsp3) is 0.500. The first-order chi connectivity index (χ1) is 7.22. The van der Waals surface area contributed by atoms with Crippen molar-refractivity contribution in [1.82, 2.24) is 0 Å². The van der Waals surface area contributed by atoms with Crippen LogP contribution in [0.4, 0.5) is 0 Å². The number of benzene rings is 1. The largest absolute Gasteiger partial charge is 0.414 e. The van der Waals surface area contributed by atoms with Gasteiger partial charge < -0.3 is 4.43 Å². The standard InChI is InChI=1S/C14H23OSi.BrH.Zn/c1-12-8-7-9-13(10-12)11-15-16(5,6)14(2,3)4;;/h7-10H,1,11H2,2-6H3;1H;/q-1;;. The molecule has 0 aromatic heterocycles. The first-order valence-electron chi connectivity index (χ1n) is 5.77. The molecule has 0 N–H and O–H groups in total. The van der Waals surface area contributed by atoms with E-state index < -0.39 is 8.32 Å². The molecule has 0 radical (unpaired) electrons. The SMILES string of the molecule is Br.[CH2-]c1cccc(CO[Si](C)(C)C(C)(C)C)c1.[Zn]. The quantitative estimate of drug-likeness (QED) is 0.531. The van der Waals surface area contributed by atoms with Crippen molar-refractivity contribution < 1.29 is 23.9 Å². The molecule has 4 heteroatoms. The molecule has 0 heterocycles. The predicted octanol–water partition coefficient (Wildman–Crippen LogP) is 4.97. The maximum atomic E-state index is 6.15. The van der Waals surface area contributed by atoms with Crippen LogP contribution in [-0.4, -0.2) is 8.32 Å². The Hall–Kier alpha value is 0.370. The summed E-state index contributed by atoms with van der Waals surface area (Å²) < 4.78 is 6.15. The van der Waals surface area contributed by atoms with Crippen LogP contribution in [0.5, 0.6) is 0 Å². The minimum absolute atomic E-state index is 0. The van der Waals surface area contributed by atoms with Gasteiger partial charge in [0.15, 0.2) is 8.32 Å². The monoisotopic (exact) mass is 379 g/mol. The van der Waals surface area contributed by atoms with Gasteiger partial charge in [-0.3, -0.25) is 0 Å². The Bertz CT molecular complexity index is 361. The Kier molecular flexibility index (Phi) is 9.01. The molecular formula is C14H24BrOSiZn-. The molecule has 0 saturated heterocycles. The molecule has 1 rings (SSSR count). The fourth-order valence-corrected chi connectivity index (χ4v) is 2.16. The van der Waals surface area contributed by atoms with Crippen LogP contribution in [0, 0.1) is 6.92 Å². The molecule has 0 saturated carbocycles. The molecule has 0 fully saturated rings. The van der Waals surface area contributed by atoms with Crippen molar-refractivity contribution in [2.75, 3.05) is 0 Å². The summed E-state index contributed by atoms with van der Waals surface area (Å²) >= 11 is 0. The summed E-state index contributed by atoms with van der Waals surface area (Å²) in [6, 6.07) is 8.23. The van der Waals surface area contributed by atoms with E-state index in [1.165, 1.54) is 5.56 Å². The van der Waals surface area contributed by atoms with Crippen LogP contribution in [0.15, 0.2) is 24.3 Å². The van der Waals surface area contributed by atoms with Gasteiger partial charge in [0, 0.05) is 26.1 Å². The molecule has 0 bridgehead atoms. The molecule has 1 aromatic rings. The van der Waals surface area contributed by atoms with Crippen LogP contribution in [0.3, 0.4) is 0 Å². The van der Waals surface area contributed by atoms with Crippen molar-refractivity contribution in [3.63, 3.8) is 0 Å². The Labute approximate surface area is 136 Å². The fourth-order valence-electron chi connectivity index (χ4n) is 1.20. The van der Waals surface area contributed by atoms with E-state index in [1.54, 1.807) is 0 Å². The number of hydrogen-bond donors (Lipinski definition) is 0. The van der Waals surface area contributed by atoms with Gasteiger partial charge in [0.25, 0.3) is 0 Å². The zero-order chi connectivity index (χ0) is 12.4. The molecule has 0 spiro atoms. The summed E-state index contributed by atoms with van der Waals surface area (Å²) in [5.74, 6) is 0. The Morgan fingerprint density at radius 3 is 2.22 bits per heavy atom. The van der Waals surface area contributed by atoms with Crippen LogP contribution in [-0.2, 0) is 30.5 Å². The zero-order valence-electron chi connectivity index (χ0n) is 12.2. The van der Waals surface area contributed by atoms with Gasteiger partial charge in [-0.15, -0.1) is 23.0 Å². The van der Waals surface area contributed by atoms with Crippen LogP contribution in [0.2, 0.25) is 18.1 Å². The number of halogens is 1. The molecule has 0 aliphatic heterocycles. The van der Waals surface area contributed by atoms with E-state index in [-0.39, 0.29) is 41.5 Å². The van der Waals surface area contributed by atoms with E-state index in [0.29, 0.717) is 6.61 Å². The molecule has 0 amide bonds. The minimum atomic E-state index is -1.63. The molecule has 0 aliphatic carbocycles. The Balaban J connectivity index is 0. The normalized spacial score (nSPS) is 11.4. The molecule has 0 atom stereocenters. The molecular weight excluding hydrogens is 358 g/mol. The van der Waals surface area contributed by atoms with Crippen molar-refractivity contribution in [2.45, 2.75) is 45.5 Å². The average Bonchev–Trinajstić information content (AvgIpc) is 2.13. The zero-order valence-corrected chi connectivity index (χ0v) is 17.9. The predicted molar refractivity (Wildman–Crippen MR) is 83.2 cm³/mol. The molecule has 0 unspecified atom stereocenters. The Morgan fingerprint density at radius 1 is 1.22 bits per heavy atom. The van der Waals surface area contributed by atoms with Crippen molar-refractivity contribution in [2.24, 2.45) is 0 Å². The first kappa shape index (κ1) is 20.7. The van der Waals surface area contributed by atoms with Gasteiger partial charge in [0.1, 0.15) is 0 Å². The van der Waals surface area contributed by atoms with E-state index in [0.717, 1.165) is 5.56 Å². The van der Waals surface area contributed by atoms with Crippen LogP contribution >= 0.6 is 17.0 Å². The third-order valence-electron chi connectivity index (χ3n) is 3.40. The molecule has 1 aromatic carbocycles. The van der Waals surface area contributed by atoms with Gasteiger partial charge in [0.05, 0.1) is 0 Å². The summed E-state index contributed by atoms with van der Waals surface area (Å²) in [7, 11) is -1.63. The maximum Gasteiger partial charge on any atom is 0.192 e. The van der Waals surface area contributed by atoms with E-state index in [4.69, 9.17) is 4.43 Å². The second-order valence-corrected chi connectivity index (χ2v) is 10.7. The van der Waals surface area contributed by atoms with Gasteiger partial charge in [-0.2, -0.15) is 24.6 Å². The van der Waals surface area contributed by atoms with E-state index in [9.17, 15) is 0 Å². The third-order valence-corrected chi connectivity index (χ3v) is 7.88. The average molecular weight is 382 g/mol. The Morgan fingerprint density at radius 2 is 1.78 bits per heavy atom. The second kappa shape index (κ2) is 7.84. The van der Waals surface area contributed by atoms with E-state index in [2.05, 4.69) is 52.9 Å². The van der Waals surface area contributed by atoms with Crippen molar-refractivity contribution >= 4 is 25.3 Å². The van der Waals surface area contributed by atoms with Gasteiger partial charge in [-0.25, -0.2) is 0 Å². The van der Waals surface area contributed by atoms with Crippen LogP contribution < -0.4 is 0 Å². The molecule has 18 heavy (non-hydrogen) atoms. The summed E-state index contributed by atoms with van der Waals surface area (Å²) in [5.41, 5.74) is 2.27. The van der Waals surface area contributed by atoms with Crippen molar-refractivity contribution in [3.05, 3.63) is 42.3 Å². The van der Waals surface area contributed by atoms with Gasteiger partial charge in [-0.05, 0) is 18.1 Å². The number of hydrogen-bond acceptors (Lipinski definition) is 1. The molecule has 100 valence electrons. The summed E-state index contributed by atoms with van der Waals surface area (Å²) in [4.78, 5) is 0.